The molecule has 6 N–H and O–H groups in total. The number of H-pyrrole nitrogens is 1. The van der Waals surface area contributed by atoms with Gasteiger partial charge in [-0.3, -0.25) is 14.2 Å². The standard InChI is InChI=1S/C19H27N7O6/c27-12-13(28)18(26-9-24-11-15(26)22-8-23-16(11)29)32-14(12)17(30)20-6-7-21-19(31)25-10-4-2-1-3-5-10/h8-10,12-14,18,27-28H,1-7H2,(H,20,30)(H2,21,25,31)(H,22,23,29). The van der Waals surface area contributed by atoms with Crippen molar-refractivity contribution in [2.24, 2.45) is 0 Å². The average Bonchev–Trinajstić information content (AvgIpc) is 3.34. The zero-order chi connectivity index (χ0) is 22.7. The van der Waals surface area contributed by atoms with E-state index < -0.39 is 36.0 Å². The third-order valence-corrected chi connectivity index (χ3v) is 5.79. The number of imidazole rings is 1. The molecule has 174 valence electrons. The quantitative estimate of drug-likeness (QED) is 0.287. The van der Waals surface area contributed by atoms with E-state index in [1.165, 1.54) is 23.6 Å². The first-order valence-electron chi connectivity index (χ1n) is 10.7. The van der Waals surface area contributed by atoms with Crippen LogP contribution < -0.4 is 21.5 Å². The molecule has 0 spiro atoms. The number of nitrogens with one attached hydrogen (secondary N) is 4. The summed E-state index contributed by atoms with van der Waals surface area (Å²) in [7, 11) is 0. The number of aliphatic hydroxyl groups excluding tert-OH is 2. The Kier molecular flexibility index (Phi) is 6.67. The van der Waals surface area contributed by atoms with Crippen LogP contribution in [0.5, 0.6) is 0 Å². The van der Waals surface area contributed by atoms with Gasteiger partial charge in [-0.25, -0.2) is 14.8 Å². The van der Waals surface area contributed by atoms with E-state index >= 15 is 0 Å². The molecule has 0 radical (unpaired) electrons. The number of nitrogens with zero attached hydrogens (tertiary/aromatic N) is 3. The highest BCUT2D eigenvalue weighted by molar-refractivity contribution is 5.82. The molecule has 4 rings (SSSR count). The fraction of sp³-hybridized carbons (Fsp3) is 0.632. The van der Waals surface area contributed by atoms with Crippen molar-refractivity contribution in [1.29, 1.82) is 0 Å². The number of hydrogen-bond acceptors (Lipinski definition) is 8. The predicted octanol–water partition coefficient (Wildman–Crippen LogP) is -1.51. The van der Waals surface area contributed by atoms with Crippen molar-refractivity contribution in [2.45, 2.75) is 62.7 Å². The van der Waals surface area contributed by atoms with Gasteiger partial charge >= 0.3 is 6.03 Å². The molecule has 3 heterocycles. The second kappa shape index (κ2) is 9.63. The van der Waals surface area contributed by atoms with E-state index in [-0.39, 0.29) is 36.3 Å². The average molecular weight is 449 g/mol. The lowest BCUT2D eigenvalue weighted by molar-refractivity contribution is -0.137. The molecule has 1 aliphatic carbocycles. The molecule has 13 nitrogen and oxygen atoms in total. The Morgan fingerprint density at radius 2 is 1.88 bits per heavy atom. The molecule has 2 aromatic rings. The number of aromatic nitrogens is 4. The highest BCUT2D eigenvalue weighted by atomic mass is 16.6. The number of rotatable bonds is 6. The number of carbonyl (C=O) groups excluding carboxylic acids is 2. The molecule has 13 heteroatoms. The van der Waals surface area contributed by atoms with Gasteiger partial charge in [-0.1, -0.05) is 19.3 Å². The Morgan fingerprint density at radius 3 is 2.66 bits per heavy atom. The number of carbonyl (C=O) groups is 2. The molecule has 32 heavy (non-hydrogen) atoms. The number of amides is 3. The minimum absolute atomic E-state index is 0.0447. The fourth-order valence-electron chi connectivity index (χ4n) is 4.10. The van der Waals surface area contributed by atoms with E-state index in [0.717, 1.165) is 25.7 Å². The topological polar surface area (TPSA) is 183 Å². The van der Waals surface area contributed by atoms with Crippen LogP contribution in [0.4, 0.5) is 4.79 Å². The number of aromatic amines is 1. The van der Waals surface area contributed by atoms with Crippen molar-refractivity contribution in [3.05, 3.63) is 23.0 Å². The maximum atomic E-state index is 12.5. The van der Waals surface area contributed by atoms with Gasteiger partial charge in [0.05, 0.1) is 12.7 Å². The van der Waals surface area contributed by atoms with Crippen LogP contribution in [0.3, 0.4) is 0 Å². The lowest BCUT2D eigenvalue weighted by Gasteiger charge is -2.23. The van der Waals surface area contributed by atoms with Crippen LogP contribution >= 0.6 is 0 Å². The van der Waals surface area contributed by atoms with Crippen LogP contribution in [0.25, 0.3) is 11.2 Å². The van der Waals surface area contributed by atoms with Gasteiger partial charge in [0, 0.05) is 19.1 Å². The number of aliphatic hydroxyl groups is 2. The predicted molar refractivity (Wildman–Crippen MR) is 110 cm³/mol. The van der Waals surface area contributed by atoms with E-state index in [2.05, 4.69) is 30.9 Å². The van der Waals surface area contributed by atoms with E-state index in [9.17, 15) is 24.6 Å². The zero-order valence-corrected chi connectivity index (χ0v) is 17.4. The van der Waals surface area contributed by atoms with Gasteiger partial charge in [0.25, 0.3) is 11.5 Å². The van der Waals surface area contributed by atoms with Crippen molar-refractivity contribution in [1.82, 2.24) is 35.5 Å². The third-order valence-electron chi connectivity index (χ3n) is 5.79. The minimum atomic E-state index is -1.50. The van der Waals surface area contributed by atoms with Crippen LogP contribution in [0.1, 0.15) is 38.3 Å². The summed E-state index contributed by atoms with van der Waals surface area (Å²) in [6, 6.07) is -0.101. The maximum Gasteiger partial charge on any atom is 0.315 e. The Balaban J connectivity index is 1.28. The van der Waals surface area contributed by atoms with Crippen molar-refractivity contribution in [2.75, 3.05) is 13.1 Å². The van der Waals surface area contributed by atoms with Gasteiger partial charge < -0.3 is 35.9 Å². The summed E-state index contributed by atoms with van der Waals surface area (Å²) < 4.78 is 6.87. The van der Waals surface area contributed by atoms with Gasteiger partial charge in [-0.05, 0) is 12.8 Å². The molecule has 4 atom stereocenters. The smallest absolute Gasteiger partial charge is 0.315 e. The molecule has 2 aromatic heterocycles. The van der Waals surface area contributed by atoms with Gasteiger partial charge in [-0.15, -0.1) is 0 Å². The van der Waals surface area contributed by atoms with Gasteiger partial charge in [0.15, 0.2) is 23.5 Å². The van der Waals surface area contributed by atoms with E-state index in [4.69, 9.17) is 4.74 Å². The Bertz CT molecular complexity index is 1020. The summed E-state index contributed by atoms with van der Waals surface area (Å²) in [5, 5.41) is 28.9. The second-order valence-corrected chi connectivity index (χ2v) is 8.01. The number of hydrogen-bond donors (Lipinski definition) is 6. The van der Waals surface area contributed by atoms with Crippen LogP contribution in [-0.2, 0) is 9.53 Å². The monoisotopic (exact) mass is 449 g/mol. The molecule has 3 amide bonds. The van der Waals surface area contributed by atoms with Crippen LogP contribution in [0, 0.1) is 0 Å². The molecular formula is C19H27N7O6. The second-order valence-electron chi connectivity index (χ2n) is 8.01. The summed E-state index contributed by atoms with van der Waals surface area (Å²) in [6.07, 6.45) is 2.36. The van der Waals surface area contributed by atoms with Crippen molar-refractivity contribution < 1.29 is 24.5 Å². The fourth-order valence-corrected chi connectivity index (χ4v) is 4.10. The molecule has 1 saturated heterocycles. The first-order chi connectivity index (χ1) is 15.5. The summed E-state index contributed by atoms with van der Waals surface area (Å²) in [5.74, 6) is -0.635. The summed E-state index contributed by atoms with van der Waals surface area (Å²) in [6.45, 7) is 0.313. The van der Waals surface area contributed by atoms with E-state index in [1.807, 2.05) is 0 Å². The maximum absolute atomic E-state index is 12.5. The molecule has 0 aromatic carbocycles. The molecule has 0 bridgehead atoms. The van der Waals surface area contributed by atoms with Gasteiger partial charge in [-0.2, -0.15) is 0 Å². The Morgan fingerprint density at radius 1 is 1.12 bits per heavy atom. The molecule has 1 aliphatic heterocycles. The SMILES string of the molecule is O=C(NCCNC(=O)C1OC(n2cnc3c(=O)[nH]cnc32)C(O)C1O)NC1CCCCC1. The summed E-state index contributed by atoms with van der Waals surface area (Å²) in [4.78, 5) is 46.6. The van der Waals surface area contributed by atoms with Crippen molar-refractivity contribution in [3.8, 4) is 0 Å². The Hall–Kier alpha value is -3.03. The van der Waals surface area contributed by atoms with E-state index in [1.54, 1.807) is 0 Å². The summed E-state index contributed by atoms with van der Waals surface area (Å²) >= 11 is 0. The first kappa shape index (κ1) is 22.2. The van der Waals surface area contributed by atoms with E-state index in [0.29, 0.717) is 0 Å². The number of ether oxygens (including phenoxy) is 1. The largest absolute Gasteiger partial charge is 0.387 e. The molecule has 2 aliphatic rings. The lowest BCUT2D eigenvalue weighted by Crippen LogP contribution is -2.47. The minimum Gasteiger partial charge on any atom is -0.387 e. The first-order valence-corrected chi connectivity index (χ1v) is 10.7. The van der Waals surface area contributed by atoms with Crippen LogP contribution in [-0.4, -0.2) is 79.1 Å². The highest BCUT2D eigenvalue weighted by Crippen LogP contribution is 2.31. The lowest BCUT2D eigenvalue weighted by atomic mass is 9.96. The van der Waals surface area contributed by atoms with Crippen LogP contribution in [0.2, 0.25) is 0 Å². The molecule has 1 saturated carbocycles. The number of urea groups is 1. The van der Waals surface area contributed by atoms with Crippen molar-refractivity contribution >= 4 is 23.1 Å². The van der Waals surface area contributed by atoms with Crippen molar-refractivity contribution in [3.63, 3.8) is 0 Å². The zero-order valence-electron chi connectivity index (χ0n) is 17.4. The molecule has 4 unspecified atom stereocenters. The van der Waals surface area contributed by atoms with Gasteiger partial charge in [0.1, 0.15) is 12.2 Å². The highest BCUT2D eigenvalue weighted by Gasteiger charge is 2.47. The molecular weight excluding hydrogens is 422 g/mol. The van der Waals surface area contributed by atoms with Gasteiger partial charge in [0.2, 0.25) is 0 Å². The normalized spacial score (nSPS) is 26.2. The summed E-state index contributed by atoms with van der Waals surface area (Å²) in [5.41, 5.74) is -0.265. The molecule has 2 fully saturated rings. The Labute approximate surface area is 182 Å². The van der Waals surface area contributed by atoms with Crippen LogP contribution in [0.15, 0.2) is 17.4 Å². The number of fused-ring (bicyclic) bond motifs is 1. The third kappa shape index (κ3) is 4.59.